The Hall–Kier alpha value is -3.05. The van der Waals surface area contributed by atoms with Crippen LogP contribution in [0.15, 0.2) is 34.3 Å². The number of hydrogen-bond acceptors (Lipinski definition) is 7. The van der Waals surface area contributed by atoms with Crippen LogP contribution in [0.4, 0.5) is 5.69 Å². The average Bonchev–Trinajstić information content (AvgIpc) is 3.04. The molecule has 1 aromatic carbocycles. The molecule has 4 rings (SSSR count). The van der Waals surface area contributed by atoms with Crippen molar-refractivity contribution in [1.29, 1.82) is 0 Å². The lowest BCUT2D eigenvalue weighted by Gasteiger charge is -2.27. The number of fused-ring (bicyclic) bond motifs is 2. The second kappa shape index (κ2) is 6.53. The normalized spacial score (nSPS) is 14.9. The van der Waals surface area contributed by atoms with Gasteiger partial charge in [0.15, 0.2) is 0 Å². The average molecular weight is 403 g/mol. The Morgan fingerprint density at radius 2 is 2.14 bits per heavy atom. The molecule has 10 nitrogen and oxygen atoms in total. The lowest BCUT2D eigenvalue weighted by atomic mass is 10.1. The number of nitro groups is 1. The maximum atomic E-state index is 12.4. The van der Waals surface area contributed by atoms with E-state index in [1.807, 2.05) is 4.90 Å². The van der Waals surface area contributed by atoms with Crippen LogP contribution in [0.25, 0.3) is 10.9 Å². The van der Waals surface area contributed by atoms with E-state index in [9.17, 15) is 23.3 Å². The van der Waals surface area contributed by atoms with Gasteiger partial charge in [-0.15, -0.1) is 0 Å². The Bertz CT molecular complexity index is 1260. The van der Waals surface area contributed by atoms with E-state index in [2.05, 4.69) is 15.0 Å². The van der Waals surface area contributed by atoms with Crippen molar-refractivity contribution in [3.63, 3.8) is 0 Å². The first-order chi connectivity index (χ1) is 13.2. The van der Waals surface area contributed by atoms with Crippen LogP contribution in [0, 0.1) is 10.1 Å². The molecule has 0 saturated heterocycles. The van der Waals surface area contributed by atoms with Crippen molar-refractivity contribution in [3.8, 4) is 0 Å². The molecule has 0 amide bonds. The molecule has 1 aliphatic rings. The first-order valence-electron chi connectivity index (χ1n) is 8.52. The summed E-state index contributed by atoms with van der Waals surface area (Å²) >= 11 is 0. The number of non-ortho nitro benzene ring substituents is 1. The Morgan fingerprint density at radius 1 is 1.36 bits per heavy atom. The Balaban J connectivity index is 1.66. The fourth-order valence-corrected chi connectivity index (χ4v) is 4.08. The van der Waals surface area contributed by atoms with E-state index in [1.165, 1.54) is 6.07 Å². The smallest absolute Gasteiger partial charge is 0.279 e. The number of benzene rings is 1. The molecule has 0 spiro atoms. The van der Waals surface area contributed by atoms with Gasteiger partial charge >= 0.3 is 0 Å². The molecule has 0 fully saturated rings. The molecule has 1 aliphatic heterocycles. The monoisotopic (exact) mass is 403 g/mol. The van der Waals surface area contributed by atoms with E-state index in [1.54, 1.807) is 18.3 Å². The van der Waals surface area contributed by atoms with Crippen molar-refractivity contribution in [2.45, 2.75) is 24.7 Å². The third-order valence-corrected chi connectivity index (χ3v) is 5.73. The summed E-state index contributed by atoms with van der Waals surface area (Å²) in [5.74, 6) is 0. The van der Waals surface area contributed by atoms with Gasteiger partial charge in [-0.3, -0.25) is 24.8 Å². The van der Waals surface area contributed by atoms with Crippen LogP contribution < -0.4 is 5.56 Å². The first kappa shape index (κ1) is 18.3. The van der Waals surface area contributed by atoms with Crippen LogP contribution in [0.2, 0.25) is 0 Å². The summed E-state index contributed by atoms with van der Waals surface area (Å²) in [7, 11) is -3.60. The number of nitrogens with zero attached hydrogens (tertiary/aromatic N) is 3. The number of aromatic nitrogens is 3. The molecule has 0 unspecified atom stereocenters. The van der Waals surface area contributed by atoms with Gasteiger partial charge < -0.3 is 4.98 Å². The molecule has 0 saturated carbocycles. The fraction of sp³-hybridized carbons (Fsp3) is 0.294. The van der Waals surface area contributed by atoms with Crippen LogP contribution in [0.3, 0.4) is 0 Å². The first-order valence-corrected chi connectivity index (χ1v) is 10.4. The molecular weight excluding hydrogens is 386 g/mol. The maximum absolute atomic E-state index is 12.4. The lowest BCUT2D eigenvalue weighted by molar-refractivity contribution is -0.383. The van der Waals surface area contributed by atoms with Gasteiger partial charge in [-0.2, -0.15) is 0 Å². The van der Waals surface area contributed by atoms with E-state index < -0.39 is 20.3 Å². The summed E-state index contributed by atoms with van der Waals surface area (Å²) in [4.78, 5) is 34.8. The summed E-state index contributed by atoms with van der Waals surface area (Å²) in [5.41, 5.74) is 1.91. The Kier molecular flexibility index (Phi) is 4.27. The van der Waals surface area contributed by atoms with Crippen molar-refractivity contribution in [3.05, 3.63) is 61.7 Å². The topological polar surface area (TPSA) is 142 Å². The van der Waals surface area contributed by atoms with E-state index >= 15 is 0 Å². The number of nitro benzene ring substituents is 1. The standard InChI is InChI=1S/C17H17N5O5S/c1-28(26,27)17-19-12-5-6-21(9-11(12)16(23)20-17)8-10-7-18-13-3-2-4-14(15(10)13)22(24)25/h2-4,7,18H,5-6,8-9H2,1H3,(H,19,20,23). The third-order valence-electron chi connectivity index (χ3n) is 4.83. The van der Waals surface area contributed by atoms with Crippen LogP contribution in [-0.4, -0.2) is 46.0 Å². The zero-order valence-corrected chi connectivity index (χ0v) is 15.7. The predicted octanol–water partition coefficient (Wildman–Crippen LogP) is 1.12. The van der Waals surface area contributed by atoms with Crippen molar-refractivity contribution >= 4 is 26.4 Å². The van der Waals surface area contributed by atoms with Gasteiger partial charge in [0.1, 0.15) is 0 Å². The minimum atomic E-state index is -3.60. The van der Waals surface area contributed by atoms with Crippen molar-refractivity contribution < 1.29 is 13.3 Å². The minimum Gasteiger partial charge on any atom is -0.361 e. The van der Waals surface area contributed by atoms with Gasteiger partial charge in [-0.05, 0) is 11.6 Å². The summed E-state index contributed by atoms with van der Waals surface area (Å²) in [6.45, 7) is 1.26. The highest BCUT2D eigenvalue weighted by Gasteiger charge is 2.25. The predicted molar refractivity (Wildman–Crippen MR) is 101 cm³/mol. The highest BCUT2D eigenvalue weighted by Crippen LogP contribution is 2.30. The van der Waals surface area contributed by atoms with Crippen LogP contribution in [0.1, 0.15) is 16.8 Å². The SMILES string of the molecule is CS(=O)(=O)c1nc2c(c(=O)[nH]1)CN(Cc1c[nH]c3cccc([N+](=O)[O-])c13)CC2. The zero-order valence-electron chi connectivity index (χ0n) is 14.9. The van der Waals surface area contributed by atoms with Crippen LogP contribution >= 0.6 is 0 Å². The second-order valence-corrected chi connectivity index (χ2v) is 8.73. The molecule has 11 heteroatoms. The largest absolute Gasteiger partial charge is 0.361 e. The van der Waals surface area contributed by atoms with Gasteiger partial charge in [0.25, 0.3) is 11.2 Å². The van der Waals surface area contributed by atoms with Gasteiger partial charge in [-0.1, -0.05) is 6.07 Å². The third kappa shape index (κ3) is 3.18. The highest BCUT2D eigenvalue weighted by molar-refractivity contribution is 7.90. The maximum Gasteiger partial charge on any atom is 0.279 e. The highest BCUT2D eigenvalue weighted by atomic mass is 32.2. The molecular formula is C17H17N5O5S. The molecule has 2 N–H and O–H groups in total. The van der Waals surface area contributed by atoms with E-state index in [0.29, 0.717) is 41.7 Å². The van der Waals surface area contributed by atoms with Gasteiger partial charge in [-0.25, -0.2) is 13.4 Å². The van der Waals surface area contributed by atoms with Crippen molar-refractivity contribution in [2.24, 2.45) is 0 Å². The number of aromatic amines is 2. The van der Waals surface area contributed by atoms with Gasteiger partial charge in [0, 0.05) is 44.6 Å². The van der Waals surface area contributed by atoms with Gasteiger partial charge in [0.2, 0.25) is 15.0 Å². The lowest BCUT2D eigenvalue weighted by Crippen LogP contribution is -2.36. The fourth-order valence-electron chi connectivity index (χ4n) is 3.52. The minimum absolute atomic E-state index is 0.0310. The van der Waals surface area contributed by atoms with Crippen LogP contribution in [0.5, 0.6) is 0 Å². The van der Waals surface area contributed by atoms with E-state index in [-0.39, 0.29) is 17.4 Å². The zero-order chi connectivity index (χ0) is 20.1. The van der Waals surface area contributed by atoms with Crippen molar-refractivity contribution in [2.75, 3.05) is 12.8 Å². The molecule has 0 aliphatic carbocycles. The summed E-state index contributed by atoms with van der Waals surface area (Å²) in [6, 6.07) is 4.87. The van der Waals surface area contributed by atoms with E-state index in [4.69, 9.17) is 0 Å². The van der Waals surface area contributed by atoms with E-state index in [0.717, 1.165) is 11.8 Å². The number of nitrogens with one attached hydrogen (secondary N) is 2. The number of H-pyrrole nitrogens is 2. The second-order valence-electron chi connectivity index (χ2n) is 6.80. The van der Waals surface area contributed by atoms with Crippen LogP contribution in [-0.2, 0) is 29.3 Å². The molecule has 3 heterocycles. The molecule has 3 aromatic rings. The quantitative estimate of drug-likeness (QED) is 0.377. The molecule has 0 bridgehead atoms. The van der Waals surface area contributed by atoms with Gasteiger partial charge in [0.05, 0.1) is 27.1 Å². The number of sulfone groups is 1. The Labute approximate surface area is 159 Å². The summed E-state index contributed by atoms with van der Waals surface area (Å²) in [5, 5.41) is 11.6. The Morgan fingerprint density at radius 3 is 2.86 bits per heavy atom. The molecule has 2 aromatic heterocycles. The molecule has 146 valence electrons. The number of hydrogen-bond donors (Lipinski definition) is 2. The van der Waals surface area contributed by atoms with Crippen molar-refractivity contribution in [1.82, 2.24) is 19.9 Å². The summed E-state index contributed by atoms with van der Waals surface area (Å²) < 4.78 is 23.3. The molecule has 0 radical (unpaired) electrons. The number of rotatable bonds is 4. The molecule has 0 atom stereocenters. The molecule has 28 heavy (non-hydrogen) atoms. The summed E-state index contributed by atoms with van der Waals surface area (Å²) in [6.07, 6.45) is 3.16.